The summed E-state index contributed by atoms with van der Waals surface area (Å²) in [5.74, 6) is -0.407. The molecule has 0 spiro atoms. The van der Waals surface area contributed by atoms with Crippen LogP contribution in [-0.4, -0.2) is 6.36 Å². The van der Waals surface area contributed by atoms with Gasteiger partial charge in [0.2, 0.25) is 0 Å². The fraction of sp³-hybridized carbons (Fsp3) is 0.273. The van der Waals surface area contributed by atoms with Crippen molar-refractivity contribution in [3.05, 3.63) is 29.3 Å². The maximum atomic E-state index is 12.0. The Morgan fingerprint density at radius 1 is 1.00 bits per heavy atom. The van der Waals surface area contributed by atoms with Gasteiger partial charge in [0.05, 0.1) is 25.0 Å². The van der Waals surface area contributed by atoms with Gasteiger partial charge in [0, 0.05) is 0 Å². The van der Waals surface area contributed by atoms with Crippen molar-refractivity contribution >= 4 is 0 Å². The molecule has 0 radical (unpaired) electrons. The first-order valence-electron chi connectivity index (χ1n) is 4.57. The van der Waals surface area contributed by atoms with Crippen molar-refractivity contribution in [1.82, 2.24) is 0 Å². The van der Waals surface area contributed by atoms with Crippen LogP contribution in [0, 0.1) is 22.7 Å². The van der Waals surface area contributed by atoms with Crippen LogP contribution in [0.1, 0.15) is 11.1 Å². The van der Waals surface area contributed by atoms with Gasteiger partial charge < -0.3 is 4.74 Å². The number of benzene rings is 1. The summed E-state index contributed by atoms with van der Waals surface area (Å²) in [6.07, 6.45) is -4.85. The normalized spacial score (nSPS) is 10.4. The Morgan fingerprint density at radius 2 is 1.47 bits per heavy atom. The summed E-state index contributed by atoms with van der Waals surface area (Å²) < 4.78 is 39.8. The first-order valence-corrected chi connectivity index (χ1v) is 4.57. The number of ether oxygens (including phenoxy) is 1. The van der Waals surface area contributed by atoms with Gasteiger partial charge >= 0.3 is 6.36 Å². The van der Waals surface area contributed by atoms with Crippen LogP contribution in [0.15, 0.2) is 18.2 Å². The maximum Gasteiger partial charge on any atom is 0.573 e. The summed E-state index contributed by atoms with van der Waals surface area (Å²) >= 11 is 0. The van der Waals surface area contributed by atoms with E-state index in [-0.39, 0.29) is 12.8 Å². The van der Waals surface area contributed by atoms with Gasteiger partial charge in [-0.3, -0.25) is 0 Å². The van der Waals surface area contributed by atoms with Crippen molar-refractivity contribution in [3.8, 4) is 17.9 Å². The molecule has 0 fully saturated rings. The zero-order valence-corrected chi connectivity index (χ0v) is 8.58. The van der Waals surface area contributed by atoms with E-state index in [0.717, 1.165) is 12.1 Å². The second-order valence-electron chi connectivity index (χ2n) is 3.20. The van der Waals surface area contributed by atoms with E-state index in [1.807, 2.05) is 12.1 Å². The molecule has 0 heterocycles. The molecule has 0 unspecified atom stereocenters. The van der Waals surface area contributed by atoms with Crippen molar-refractivity contribution in [3.63, 3.8) is 0 Å². The Hall–Kier alpha value is -2.21. The Morgan fingerprint density at radius 3 is 1.82 bits per heavy atom. The molecule has 1 aromatic rings. The third kappa shape index (κ3) is 4.43. The molecule has 1 rings (SSSR count). The Labute approximate surface area is 95.7 Å². The molecule has 0 N–H and O–H groups in total. The highest BCUT2D eigenvalue weighted by atomic mass is 19.4. The Bertz CT molecular complexity index is 449. The molecule has 1 aromatic carbocycles. The van der Waals surface area contributed by atoms with E-state index in [2.05, 4.69) is 4.74 Å². The zero-order valence-electron chi connectivity index (χ0n) is 8.58. The number of halogens is 3. The van der Waals surface area contributed by atoms with Crippen LogP contribution in [0.4, 0.5) is 13.2 Å². The van der Waals surface area contributed by atoms with E-state index in [4.69, 9.17) is 10.5 Å². The number of hydrogen-bond acceptors (Lipinski definition) is 3. The molecule has 3 nitrogen and oxygen atoms in total. The first-order chi connectivity index (χ1) is 7.94. The highest BCUT2D eigenvalue weighted by molar-refractivity contribution is 5.37. The highest BCUT2D eigenvalue weighted by Crippen LogP contribution is 2.25. The predicted molar refractivity (Wildman–Crippen MR) is 51.8 cm³/mol. The Kier molecular flexibility index (Phi) is 3.95. The largest absolute Gasteiger partial charge is 0.573 e. The molecule has 88 valence electrons. The molecule has 0 aromatic heterocycles. The molecule has 0 aliphatic heterocycles. The van der Waals surface area contributed by atoms with Crippen molar-refractivity contribution in [1.29, 1.82) is 10.5 Å². The van der Waals surface area contributed by atoms with Crippen LogP contribution in [0.5, 0.6) is 5.75 Å². The third-order valence-corrected chi connectivity index (χ3v) is 1.83. The summed E-state index contributed by atoms with van der Waals surface area (Å²) in [6.45, 7) is 0. The molecule has 0 saturated carbocycles. The minimum Gasteiger partial charge on any atom is -0.406 e. The zero-order chi connectivity index (χ0) is 12.9. The lowest BCUT2D eigenvalue weighted by Gasteiger charge is -2.10. The second-order valence-corrected chi connectivity index (χ2v) is 3.20. The van der Waals surface area contributed by atoms with E-state index < -0.39 is 12.1 Å². The van der Waals surface area contributed by atoms with Crippen LogP contribution >= 0.6 is 0 Å². The van der Waals surface area contributed by atoms with Gasteiger partial charge in [-0.1, -0.05) is 6.07 Å². The fourth-order valence-corrected chi connectivity index (χ4v) is 1.31. The quantitative estimate of drug-likeness (QED) is 0.816. The van der Waals surface area contributed by atoms with Crippen LogP contribution in [0.3, 0.4) is 0 Å². The number of nitriles is 2. The topological polar surface area (TPSA) is 56.8 Å². The molecule has 0 aliphatic rings. The van der Waals surface area contributed by atoms with Gasteiger partial charge in [-0.2, -0.15) is 10.5 Å². The fourth-order valence-electron chi connectivity index (χ4n) is 1.31. The number of rotatable bonds is 3. The molecule has 0 bridgehead atoms. The van der Waals surface area contributed by atoms with Gasteiger partial charge in [0.25, 0.3) is 0 Å². The number of alkyl halides is 3. The van der Waals surface area contributed by atoms with Gasteiger partial charge in [-0.15, -0.1) is 13.2 Å². The average Bonchev–Trinajstić information content (AvgIpc) is 2.15. The molecule has 6 heteroatoms. The van der Waals surface area contributed by atoms with E-state index in [1.165, 1.54) is 6.07 Å². The van der Waals surface area contributed by atoms with E-state index in [9.17, 15) is 13.2 Å². The maximum absolute atomic E-state index is 12.0. The molecule has 17 heavy (non-hydrogen) atoms. The summed E-state index contributed by atoms with van der Waals surface area (Å²) in [5.41, 5.74) is 0.777. The van der Waals surface area contributed by atoms with Crippen molar-refractivity contribution < 1.29 is 17.9 Å². The first kappa shape index (κ1) is 12.9. The van der Waals surface area contributed by atoms with Crippen LogP contribution in [-0.2, 0) is 12.8 Å². The summed E-state index contributed by atoms with van der Waals surface area (Å²) in [4.78, 5) is 0. The highest BCUT2D eigenvalue weighted by Gasteiger charge is 2.31. The predicted octanol–water partition coefficient (Wildman–Crippen LogP) is 2.72. The van der Waals surface area contributed by atoms with Gasteiger partial charge in [0.1, 0.15) is 5.75 Å². The number of nitrogens with zero attached hydrogens (tertiary/aromatic N) is 2. The van der Waals surface area contributed by atoms with E-state index in [1.54, 1.807) is 0 Å². The molecule has 0 atom stereocenters. The minimum atomic E-state index is -4.78. The summed E-state index contributed by atoms with van der Waals surface area (Å²) in [5, 5.41) is 17.0. The van der Waals surface area contributed by atoms with Gasteiger partial charge in [0.15, 0.2) is 0 Å². The van der Waals surface area contributed by atoms with Crippen molar-refractivity contribution in [2.24, 2.45) is 0 Å². The lowest BCUT2D eigenvalue weighted by molar-refractivity contribution is -0.274. The van der Waals surface area contributed by atoms with Gasteiger partial charge in [-0.25, -0.2) is 0 Å². The average molecular weight is 240 g/mol. The lowest BCUT2D eigenvalue weighted by Crippen LogP contribution is -2.17. The minimum absolute atomic E-state index is 0.0342. The van der Waals surface area contributed by atoms with Crippen LogP contribution in [0.25, 0.3) is 0 Å². The van der Waals surface area contributed by atoms with Crippen molar-refractivity contribution in [2.45, 2.75) is 19.2 Å². The summed E-state index contributed by atoms with van der Waals surface area (Å²) in [6, 6.07) is 7.43. The summed E-state index contributed by atoms with van der Waals surface area (Å²) in [7, 11) is 0. The molecule has 0 amide bonds. The molecule has 0 aliphatic carbocycles. The SMILES string of the molecule is N#CCc1cc(CC#N)cc(OC(F)(F)F)c1. The molecule has 0 saturated heterocycles. The monoisotopic (exact) mass is 240 g/mol. The van der Waals surface area contributed by atoms with Gasteiger partial charge in [-0.05, 0) is 23.3 Å². The molecular weight excluding hydrogens is 233 g/mol. The third-order valence-electron chi connectivity index (χ3n) is 1.83. The van der Waals surface area contributed by atoms with Crippen LogP contribution in [0.2, 0.25) is 0 Å². The van der Waals surface area contributed by atoms with E-state index in [0.29, 0.717) is 11.1 Å². The lowest BCUT2D eigenvalue weighted by atomic mass is 10.1. The molecular formula is C11H7F3N2O. The Balaban J connectivity index is 3.05. The van der Waals surface area contributed by atoms with E-state index >= 15 is 0 Å². The number of hydrogen-bond donors (Lipinski definition) is 0. The van der Waals surface area contributed by atoms with Crippen molar-refractivity contribution in [2.75, 3.05) is 0 Å². The smallest absolute Gasteiger partial charge is 0.406 e. The standard InChI is InChI=1S/C11H7F3N2O/c12-11(13,14)17-10-6-8(1-3-15)5-9(7-10)2-4-16/h5-7H,1-2H2. The second kappa shape index (κ2) is 5.22. The van der Waals surface area contributed by atoms with Crippen LogP contribution < -0.4 is 4.74 Å².